The summed E-state index contributed by atoms with van der Waals surface area (Å²) in [7, 11) is 0. The van der Waals surface area contributed by atoms with Gasteiger partial charge in [0.2, 0.25) is 0 Å². The van der Waals surface area contributed by atoms with Crippen molar-refractivity contribution >= 4 is 0 Å². The molecule has 4 aromatic heterocycles. The number of hydrogen-bond donors (Lipinski definition) is 2. The van der Waals surface area contributed by atoms with E-state index < -0.39 is 0 Å². The summed E-state index contributed by atoms with van der Waals surface area (Å²) in [6.07, 6.45) is 0. The SMILES string of the molecule is OCc1cccc(-c2cccc(COCc3cccc(-c4cccc(CO)n4)n3)n2)n1. The average molecular weight is 414 g/mol. The van der Waals surface area contributed by atoms with Crippen molar-refractivity contribution in [3.63, 3.8) is 0 Å². The van der Waals surface area contributed by atoms with Crippen LogP contribution in [0.3, 0.4) is 0 Å². The van der Waals surface area contributed by atoms with Crippen LogP contribution in [0.4, 0.5) is 0 Å². The lowest BCUT2D eigenvalue weighted by molar-refractivity contribution is 0.102. The Balaban J connectivity index is 1.42. The maximum atomic E-state index is 9.28. The van der Waals surface area contributed by atoms with Crippen molar-refractivity contribution in [1.29, 1.82) is 0 Å². The molecule has 4 heterocycles. The van der Waals surface area contributed by atoms with Gasteiger partial charge in [-0.2, -0.15) is 0 Å². The maximum absolute atomic E-state index is 9.28. The van der Waals surface area contributed by atoms with E-state index in [1.54, 1.807) is 12.1 Å². The van der Waals surface area contributed by atoms with E-state index >= 15 is 0 Å². The average Bonchev–Trinajstić information content (AvgIpc) is 2.84. The van der Waals surface area contributed by atoms with E-state index in [-0.39, 0.29) is 13.2 Å². The Bertz CT molecular complexity index is 1080. The predicted molar refractivity (Wildman–Crippen MR) is 115 cm³/mol. The molecule has 0 aliphatic carbocycles. The normalized spacial score (nSPS) is 10.9. The van der Waals surface area contributed by atoms with Gasteiger partial charge in [-0.15, -0.1) is 0 Å². The molecule has 2 N–H and O–H groups in total. The Kier molecular flexibility index (Phi) is 6.68. The van der Waals surface area contributed by atoms with Gasteiger partial charge in [0.25, 0.3) is 0 Å². The zero-order chi connectivity index (χ0) is 21.5. The summed E-state index contributed by atoms with van der Waals surface area (Å²) in [6, 6.07) is 22.3. The van der Waals surface area contributed by atoms with Gasteiger partial charge in [0, 0.05) is 0 Å². The van der Waals surface area contributed by atoms with E-state index in [4.69, 9.17) is 4.74 Å². The van der Waals surface area contributed by atoms with Crippen LogP contribution in [0.1, 0.15) is 22.8 Å². The minimum Gasteiger partial charge on any atom is -0.390 e. The highest BCUT2D eigenvalue weighted by Gasteiger charge is 2.06. The highest BCUT2D eigenvalue weighted by Crippen LogP contribution is 2.17. The molecule has 0 spiro atoms. The Hall–Kier alpha value is -3.52. The van der Waals surface area contributed by atoms with Crippen LogP contribution in [0, 0.1) is 0 Å². The summed E-state index contributed by atoms with van der Waals surface area (Å²) < 4.78 is 5.83. The van der Waals surface area contributed by atoms with Gasteiger partial charge in [0.05, 0.1) is 72.0 Å². The number of pyridine rings is 4. The molecule has 4 rings (SSSR count). The molecule has 0 aliphatic heterocycles. The molecule has 156 valence electrons. The molecule has 0 amide bonds. The van der Waals surface area contributed by atoms with Crippen molar-refractivity contribution in [3.8, 4) is 22.8 Å². The zero-order valence-electron chi connectivity index (χ0n) is 16.8. The number of ether oxygens (including phenoxy) is 1. The van der Waals surface area contributed by atoms with Crippen LogP contribution in [0.5, 0.6) is 0 Å². The molecule has 7 nitrogen and oxygen atoms in total. The number of aliphatic hydroxyl groups is 2. The third-order valence-electron chi connectivity index (χ3n) is 4.58. The first-order valence-electron chi connectivity index (χ1n) is 9.89. The van der Waals surface area contributed by atoms with E-state index in [1.807, 2.05) is 60.7 Å². The Labute approximate surface area is 180 Å². The molecular weight excluding hydrogens is 392 g/mol. The lowest BCUT2D eigenvalue weighted by atomic mass is 10.2. The molecular formula is C24H22N4O3. The number of rotatable bonds is 8. The lowest BCUT2D eigenvalue weighted by Crippen LogP contribution is -2.01. The van der Waals surface area contributed by atoms with Crippen molar-refractivity contribution < 1.29 is 14.9 Å². The monoisotopic (exact) mass is 414 g/mol. The fourth-order valence-electron chi connectivity index (χ4n) is 3.09. The minimum absolute atomic E-state index is 0.109. The Morgan fingerprint density at radius 1 is 0.484 bits per heavy atom. The van der Waals surface area contributed by atoms with Gasteiger partial charge in [-0.05, 0) is 48.5 Å². The smallest absolute Gasteiger partial charge is 0.0893 e. The van der Waals surface area contributed by atoms with Crippen LogP contribution in [-0.2, 0) is 31.2 Å². The van der Waals surface area contributed by atoms with Crippen LogP contribution in [0.2, 0.25) is 0 Å². The van der Waals surface area contributed by atoms with E-state index in [0.717, 1.165) is 22.8 Å². The van der Waals surface area contributed by atoms with Gasteiger partial charge in [-0.25, -0.2) is 19.9 Å². The second-order valence-electron chi connectivity index (χ2n) is 6.87. The largest absolute Gasteiger partial charge is 0.390 e. The highest BCUT2D eigenvalue weighted by atomic mass is 16.5. The molecule has 0 saturated heterocycles. The fourth-order valence-corrected chi connectivity index (χ4v) is 3.09. The van der Waals surface area contributed by atoms with Crippen LogP contribution >= 0.6 is 0 Å². The first-order valence-corrected chi connectivity index (χ1v) is 9.89. The summed E-state index contributed by atoms with van der Waals surface area (Å²) in [5.41, 5.74) is 5.64. The fraction of sp³-hybridized carbons (Fsp3) is 0.167. The summed E-state index contributed by atoms with van der Waals surface area (Å²) in [5, 5.41) is 18.6. The number of aliphatic hydroxyl groups excluding tert-OH is 2. The van der Waals surface area contributed by atoms with Gasteiger partial charge in [-0.1, -0.05) is 24.3 Å². The first kappa shape index (κ1) is 20.7. The van der Waals surface area contributed by atoms with Crippen molar-refractivity contribution in [1.82, 2.24) is 19.9 Å². The molecule has 0 saturated carbocycles. The van der Waals surface area contributed by atoms with Crippen LogP contribution in [-0.4, -0.2) is 30.1 Å². The lowest BCUT2D eigenvalue weighted by Gasteiger charge is -2.08. The summed E-state index contributed by atoms with van der Waals surface area (Å²) >= 11 is 0. The van der Waals surface area contributed by atoms with Gasteiger partial charge >= 0.3 is 0 Å². The summed E-state index contributed by atoms with van der Waals surface area (Å²) in [6.45, 7) is 0.445. The predicted octanol–water partition coefficient (Wildman–Crippen LogP) is 3.30. The summed E-state index contributed by atoms with van der Waals surface area (Å²) in [5.74, 6) is 0. The molecule has 4 aromatic rings. The van der Waals surface area contributed by atoms with Crippen LogP contribution in [0.15, 0.2) is 72.8 Å². The van der Waals surface area contributed by atoms with Crippen molar-refractivity contribution in [3.05, 3.63) is 95.6 Å². The second kappa shape index (κ2) is 9.99. The van der Waals surface area contributed by atoms with Gasteiger partial charge in [0.15, 0.2) is 0 Å². The molecule has 0 fully saturated rings. The van der Waals surface area contributed by atoms with Crippen molar-refractivity contribution in [2.24, 2.45) is 0 Å². The molecule has 0 aromatic carbocycles. The van der Waals surface area contributed by atoms with Crippen molar-refractivity contribution in [2.75, 3.05) is 0 Å². The number of aromatic nitrogens is 4. The van der Waals surface area contributed by atoms with E-state index in [2.05, 4.69) is 19.9 Å². The van der Waals surface area contributed by atoms with Crippen molar-refractivity contribution in [2.45, 2.75) is 26.4 Å². The highest BCUT2D eigenvalue weighted by molar-refractivity contribution is 5.55. The number of hydrogen-bond acceptors (Lipinski definition) is 7. The Morgan fingerprint density at radius 2 is 0.806 bits per heavy atom. The summed E-state index contributed by atoms with van der Waals surface area (Å²) in [4.78, 5) is 18.0. The molecule has 31 heavy (non-hydrogen) atoms. The quantitative estimate of drug-likeness (QED) is 0.456. The minimum atomic E-state index is -0.109. The first-order chi connectivity index (χ1) is 15.2. The number of nitrogens with zero attached hydrogens (tertiary/aromatic N) is 4. The third-order valence-corrected chi connectivity index (χ3v) is 4.58. The third kappa shape index (κ3) is 5.35. The van der Waals surface area contributed by atoms with E-state index in [1.165, 1.54) is 0 Å². The van der Waals surface area contributed by atoms with Crippen LogP contribution in [0.25, 0.3) is 22.8 Å². The molecule has 0 radical (unpaired) electrons. The molecule has 7 heteroatoms. The molecule has 0 aliphatic rings. The van der Waals surface area contributed by atoms with Crippen LogP contribution < -0.4 is 0 Å². The molecule has 0 unspecified atom stereocenters. The second-order valence-corrected chi connectivity index (χ2v) is 6.87. The van der Waals surface area contributed by atoms with Gasteiger partial charge in [0.1, 0.15) is 0 Å². The standard InChI is InChI=1S/C24H22N4O3/c29-13-17-5-1-9-21(25-17)23-11-3-7-19(27-23)15-31-16-20-8-4-12-24(28-20)22-10-2-6-18(14-30)26-22/h1-12,29-30H,13-16H2. The van der Waals surface area contributed by atoms with Gasteiger partial charge in [-0.3, -0.25) is 0 Å². The van der Waals surface area contributed by atoms with E-state index in [9.17, 15) is 10.2 Å². The maximum Gasteiger partial charge on any atom is 0.0893 e. The molecule has 0 bridgehead atoms. The Morgan fingerprint density at radius 3 is 1.16 bits per heavy atom. The topological polar surface area (TPSA) is 101 Å². The zero-order valence-corrected chi connectivity index (χ0v) is 16.8. The van der Waals surface area contributed by atoms with E-state index in [0.29, 0.717) is 36.0 Å². The van der Waals surface area contributed by atoms with Gasteiger partial charge < -0.3 is 14.9 Å². The molecule has 0 atom stereocenters.